The fourth-order valence-electron chi connectivity index (χ4n) is 3.30. The Labute approximate surface area is 165 Å². The molecule has 0 radical (unpaired) electrons. The predicted octanol–water partition coefficient (Wildman–Crippen LogP) is -1.52. The Bertz CT molecular complexity index is 547. The second-order valence-electron chi connectivity index (χ2n) is 6.86. The van der Waals surface area contributed by atoms with Gasteiger partial charge in [0.2, 0.25) is 5.91 Å². The average molecular weight is 423 g/mol. The molecule has 0 bridgehead atoms. The first kappa shape index (κ1) is 23.2. The summed E-state index contributed by atoms with van der Waals surface area (Å²) < 4.78 is 39.4. The fraction of sp³-hybridized carbons (Fsp3) is 0.929. The van der Waals surface area contributed by atoms with Crippen LogP contribution >= 0.6 is 18.2 Å². The molecule has 13 heteroatoms. The molecule has 7 atom stereocenters. The van der Waals surface area contributed by atoms with Crippen molar-refractivity contribution in [1.29, 1.82) is 0 Å². The van der Waals surface area contributed by atoms with E-state index in [2.05, 4.69) is 5.32 Å². The smallest absolute Gasteiger partial charge is 0.382 e. The van der Waals surface area contributed by atoms with Crippen LogP contribution in [-0.4, -0.2) is 96.0 Å². The number of carbonyl (C=O) groups excluding carboxylic acids is 1. The van der Waals surface area contributed by atoms with Crippen LogP contribution in [0.15, 0.2) is 0 Å². The van der Waals surface area contributed by atoms with Crippen molar-refractivity contribution < 1.29 is 37.7 Å². The van der Waals surface area contributed by atoms with Crippen molar-refractivity contribution in [1.82, 2.24) is 5.32 Å². The molecular weight excluding hydrogens is 395 g/mol. The van der Waals surface area contributed by atoms with Gasteiger partial charge in [-0.2, -0.15) is 0 Å². The largest absolute Gasteiger partial charge is 0.387 e. The number of ether oxygens (including phenoxy) is 4. The first-order valence-corrected chi connectivity index (χ1v) is 12.2. The Morgan fingerprint density at radius 3 is 2.48 bits per heavy atom. The molecule has 2 aliphatic heterocycles. The third kappa shape index (κ3) is 7.36. The van der Waals surface area contributed by atoms with E-state index in [1.165, 1.54) is 7.11 Å². The van der Waals surface area contributed by atoms with Crippen LogP contribution in [0.4, 0.5) is 0 Å². The van der Waals surface area contributed by atoms with Crippen molar-refractivity contribution in [2.24, 2.45) is 0 Å². The summed E-state index contributed by atoms with van der Waals surface area (Å²) in [6.45, 7) is -3.42. The molecular formula is C14H28B2NO8PS. The van der Waals surface area contributed by atoms with Gasteiger partial charge >= 0.3 is 6.80 Å². The molecule has 2 rings (SSSR count). The number of hydrogen-bond donors (Lipinski definition) is 2. The Morgan fingerprint density at radius 1 is 1.22 bits per heavy atom. The van der Waals surface area contributed by atoms with Gasteiger partial charge in [0.25, 0.3) is 0 Å². The highest BCUT2D eigenvalue weighted by atomic mass is 32.7. The van der Waals surface area contributed by atoms with Crippen LogP contribution < -0.4 is 5.32 Å². The summed E-state index contributed by atoms with van der Waals surface area (Å²) in [5.41, 5.74) is 0. The van der Waals surface area contributed by atoms with Crippen LogP contribution in [0, 0.1) is 0 Å². The lowest BCUT2D eigenvalue weighted by atomic mass is 9.96. The quantitative estimate of drug-likeness (QED) is 0.320. The summed E-state index contributed by atoms with van der Waals surface area (Å²) in [4.78, 5) is 22.1. The maximum Gasteiger partial charge on any atom is 0.387 e. The van der Waals surface area contributed by atoms with Crippen molar-refractivity contribution in [3.63, 3.8) is 0 Å². The van der Waals surface area contributed by atoms with E-state index in [0.29, 0.717) is 24.3 Å². The molecule has 0 aliphatic carbocycles. The topological polar surface area (TPSA) is 113 Å². The molecule has 0 aromatic heterocycles. The second kappa shape index (κ2) is 10.6. The van der Waals surface area contributed by atoms with E-state index in [4.69, 9.17) is 23.5 Å². The van der Waals surface area contributed by atoms with Gasteiger partial charge in [0.05, 0.1) is 24.6 Å². The average Bonchev–Trinajstić information content (AvgIpc) is 3.13. The molecule has 2 aliphatic rings. The van der Waals surface area contributed by atoms with Gasteiger partial charge in [-0.25, -0.2) is 4.57 Å². The monoisotopic (exact) mass is 423 g/mol. The number of amides is 1. The van der Waals surface area contributed by atoms with Gasteiger partial charge in [0.1, 0.15) is 27.9 Å². The lowest BCUT2D eigenvalue weighted by molar-refractivity contribution is -0.119. The normalized spacial score (nSPS) is 35.8. The van der Waals surface area contributed by atoms with E-state index < -0.39 is 19.0 Å². The molecule has 0 spiro atoms. The number of carbonyl (C=O) groups is 1. The Balaban J connectivity index is 1.74. The first-order valence-electron chi connectivity index (χ1n) is 8.99. The molecule has 2 fully saturated rings. The highest BCUT2D eigenvalue weighted by Crippen LogP contribution is 2.57. The van der Waals surface area contributed by atoms with Crippen molar-refractivity contribution in [2.45, 2.75) is 49.3 Å². The molecule has 0 aromatic rings. The van der Waals surface area contributed by atoms with Crippen LogP contribution in [0.2, 0.25) is 0 Å². The highest BCUT2D eigenvalue weighted by molar-refractivity contribution is 8.55. The zero-order chi connectivity index (χ0) is 20.0. The Kier molecular flexibility index (Phi) is 9.15. The van der Waals surface area contributed by atoms with Crippen molar-refractivity contribution in [3.05, 3.63) is 0 Å². The lowest BCUT2D eigenvalue weighted by Gasteiger charge is -2.21. The summed E-state index contributed by atoms with van der Waals surface area (Å²) in [5, 5.41) is 2.71. The number of hydrogen-bond acceptors (Lipinski definition) is 8. The molecule has 27 heavy (non-hydrogen) atoms. The van der Waals surface area contributed by atoms with Crippen LogP contribution in [0.1, 0.15) is 12.8 Å². The third-order valence-electron chi connectivity index (χ3n) is 4.53. The molecule has 1 amide bonds. The van der Waals surface area contributed by atoms with E-state index in [9.17, 15) is 14.3 Å². The molecule has 2 saturated heterocycles. The maximum atomic E-state index is 12.3. The summed E-state index contributed by atoms with van der Waals surface area (Å²) in [5.74, 6) is -0.549. The van der Waals surface area contributed by atoms with Gasteiger partial charge in [-0.3, -0.25) is 9.32 Å². The van der Waals surface area contributed by atoms with Gasteiger partial charge in [0.15, 0.2) is 0 Å². The van der Waals surface area contributed by atoms with Gasteiger partial charge in [-0.15, -0.1) is 0 Å². The van der Waals surface area contributed by atoms with Gasteiger partial charge in [-0.1, -0.05) is 0 Å². The minimum absolute atomic E-state index is 0.0673. The van der Waals surface area contributed by atoms with E-state index >= 15 is 0 Å². The molecule has 3 unspecified atom stereocenters. The summed E-state index contributed by atoms with van der Waals surface area (Å²) in [6.07, 6.45) is 0.0524. The predicted molar refractivity (Wildman–Crippen MR) is 106 cm³/mol. The van der Waals surface area contributed by atoms with Crippen molar-refractivity contribution in [2.75, 3.05) is 33.1 Å². The van der Waals surface area contributed by atoms with E-state index in [1.807, 2.05) is 15.7 Å². The number of rotatable bonds is 10. The number of nitrogens with one attached hydrogen (secondary N) is 1. The van der Waals surface area contributed by atoms with Crippen molar-refractivity contribution in [3.8, 4) is 0 Å². The molecule has 0 saturated carbocycles. The molecule has 0 aromatic carbocycles. The maximum absolute atomic E-state index is 12.3. The zero-order valence-corrected chi connectivity index (χ0v) is 17.9. The standard InChI is InChI=1S/C14H28B2NO8PS/c1-21-6-11-9(4-13(16)24-11)25-26(19,20)27-7-14(18)17-5-10-8(22-2)3-12(15)23-10/h8-13H,3-7,15-16H2,1-2H3,(H,17,18)(H,19,20)/t8?,9?,10-,11-,12-,13-/m1/s1. The van der Waals surface area contributed by atoms with E-state index in [-0.39, 0.29) is 42.5 Å². The molecule has 154 valence electrons. The Morgan fingerprint density at radius 2 is 1.85 bits per heavy atom. The SMILES string of the molecule is B[C@H]1CC(OC)[C@@H](CNC(=O)CSP(=O)(O)OC2C[C@H](B)O[C@@H]2COC)O1. The summed E-state index contributed by atoms with van der Waals surface area (Å²) in [6, 6.07) is -0.000614. The molecule has 9 nitrogen and oxygen atoms in total. The first-order chi connectivity index (χ1) is 12.7. The van der Waals surface area contributed by atoms with Crippen molar-refractivity contribution >= 4 is 39.8 Å². The Hall–Kier alpha value is -0.0601. The van der Waals surface area contributed by atoms with E-state index in [0.717, 1.165) is 6.42 Å². The van der Waals surface area contributed by atoms with Crippen LogP contribution in [-0.2, 0) is 32.8 Å². The zero-order valence-electron chi connectivity index (χ0n) is 16.2. The number of methoxy groups -OCH3 is 2. The lowest BCUT2D eigenvalue weighted by Crippen LogP contribution is -2.38. The van der Waals surface area contributed by atoms with Crippen LogP contribution in [0.3, 0.4) is 0 Å². The van der Waals surface area contributed by atoms with Crippen LogP contribution in [0.25, 0.3) is 0 Å². The highest BCUT2D eigenvalue weighted by Gasteiger charge is 2.39. The summed E-state index contributed by atoms with van der Waals surface area (Å²) >= 11 is 0.593. The van der Waals surface area contributed by atoms with Gasteiger partial charge in [-0.05, 0) is 24.2 Å². The molecule has 2 N–H and O–H groups in total. The third-order valence-corrected chi connectivity index (χ3v) is 7.41. The van der Waals surface area contributed by atoms with Crippen LogP contribution in [0.5, 0.6) is 0 Å². The van der Waals surface area contributed by atoms with E-state index in [1.54, 1.807) is 7.11 Å². The van der Waals surface area contributed by atoms with Gasteiger partial charge < -0.3 is 29.2 Å². The minimum Gasteiger partial charge on any atom is -0.382 e. The second-order valence-corrected chi connectivity index (χ2v) is 10.7. The fourth-order valence-corrected chi connectivity index (χ4v) is 5.66. The summed E-state index contributed by atoms with van der Waals surface area (Å²) in [7, 11) is 6.96. The molecule has 2 heterocycles. The minimum atomic E-state index is -4.00. The van der Waals surface area contributed by atoms with Gasteiger partial charge in [0, 0.05) is 32.8 Å².